The van der Waals surface area contributed by atoms with Crippen molar-refractivity contribution in [2.45, 2.75) is 19.4 Å². The van der Waals surface area contributed by atoms with Gasteiger partial charge in [0, 0.05) is 12.2 Å². The third kappa shape index (κ3) is 2.94. The summed E-state index contributed by atoms with van der Waals surface area (Å²) in [5.74, 6) is -2.21. The molecule has 0 bridgehead atoms. The predicted molar refractivity (Wildman–Crippen MR) is 99.9 cm³/mol. The van der Waals surface area contributed by atoms with Crippen LogP contribution in [0.1, 0.15) is 33.2 Å². The van der Waals surface area contributed by atoms with E-state index in [1.54, 1.807) is 17.0 Å². The molecule has 0 aliphatic carbocycles. The number of nitrogens with zero attached hydrogens (tertiary/aromatic N) is 2. The van der Waals surface area contributed by atoms with E-state index in [9.17, 15) is 19.2 Å². The van der Waals surface area contributed by atoms with Crippen molar-refractivity contribution in [3.05, 3.63) is 65.2 Å². The van der Waals surface area contributed by atoms with Gasteiger partial charge in [-0.2, -0.15) is 0 Å². The summed E-state index contributed by atoms with van der Waals surface area (Å²) in [5.41, 5.74) is 2.41. The number of hydrogen-bond acceptors (Lipinski definition) is 5. The molecule has 0 fully saturated rings. The van der Waals surface area contributed by atoms with Crippen LogP contribution in [0.2, 0.25) is 0 Å². The van der Waals surface area contributed by atoms with Gasteiger partial charge in [0.2, 0.25) is 0 Å². The first kappa shape index (κ1) is 17.9. The molecule has 2 aromatic carbocycles. The second-order valence-corrected chi connectivity index (χ2v) is 6.74. The van der Waals surface area contributed by atoms with Crippen molar-refractivity contribution in [3.63, 3.8) is 0 Å². The van der Waals surface area contributed by atoms with Gasteiger partial charge in [0.05, 0.1) is 11.1 Å². The first-order chi connectivity index (χ1) is 13.5. The van der Waals surface area contributed by atoms with E-state index in [4.69, 9.17) is 4.74 Å². The summed E-state index contributed by atoms with van der Waals surface area (Å²) in [5, 5.41) is 0. The van der Waals surface area contributed by atoms with Crippen LogP contribution < -0.4 is 4.90 Å². The highest BCUT2D eigenvalue weighted by Gasteiger charge is 2.37. The SMILES string of the molecule is C[C@H](OC(=O)CN1C(=O)c2ccccc2C1=O)C(=O)N1CCc2ccccc21. The highest BCUT2D eigenvalue weighted by atomic mass is 16.5. The van der Waals surface area contributed by atoms with Gasteiger partial charge < -0.3 is 9.64 Å². The van der Waals surface area contributed by atoms with Crippen LogP contribution in [-0.2, 0) is 20.7 Å². The molecule has 7 nitrogen and oxygen atoms in total. The Morgan fingerprint density at radius 2 is 1.61 bits per heavy atom. The molecule has 2 aliphatic rings. The van der Waals surface area contributed by atoms with Crippen LogP contribution in [0.15, 0.2) is 48.5 Å². The second kappa shape index (κ2) is 6.92. The zero-order valence-electron chi connectivity index (χ0n) is 15.3. The van der Waals surface area contributed by atoms with E-state index in [1.807, 2.05) is 24.3 Å². The number of para-hydroxylation sites is 1. The lowest BCUT2D eigenvalue weighted by molar-refractivity contribution is -0.154. The maximum Gasteiger partial charge on any atom is 0.326 e. The fraction of sp³-hybridized carbons (Fsp3) is 0.238. The van der Waals surface area contributed by atoms with Crippen LogP contribution in [0, 0.1) is 0 Å². The Labute approximate surface area is 161 Å². The molecule has 28 heavy (non-hydrogen) atoms. The summed E-state index contributed by atoms with van der Waals surface area (Å²) in [4.78, 5) is 52.1. The Balaban J connectivity index is 1.40. The molecular formula is C21H18N2O5. The van der Waals surface area contributed by atoms with Crippen LogP contribution in [0.4, 0.5) is 5.69 Å². The molecular weight excluding hydrogens is 360 g/mol. The molecule has 7 heteroatoms. The molecule has 0 aromatic heterocycles. The minimum atomic E-state index is -1.02. The highest BCUT2D eigenvalue weighted by molar-refractivity contribution is 6.22. The van der Waals surface area contributed by atoms with E-state index in [2.05, 4.69) is 0 Å². The van der Waals surface area contributed by atoms with Crippen LogP contribution in [0.25, 0.3) is 0 Å². The lowest BCUT2D eigenvalue weighted by Crippen LogP contribution is -2.42. The minimum Gasteiger partial charge on any atom is -0.451 e. The van der Waals surface area contributed by atoms with Gasteiger partial charge >= 0.3 is 5.97 Å². The number of fused-ring (bicyclic) bond motifs is 2. The Kier molecular flexibility index (Phi) is 4.43. The smallest absolute Gasteiger partial charge is 0.326 e. The van der Waals surface area contributed by atoms with E-state index < -0.39 is 30.4 Å². The van der Waals surface area contributed by atoms with Gasteiger partial charge in [-0.15, -0.1) is 0 Å². The van der Waals surface area contributed by atoms with Crippen molar-refractivity contribution < 1.29 is 23.9 Å². The van der Waals surface area contributed by atoms with Crippen molar-refractivity contribution in [1.29, 1.82) is 0 Å². The summed E-state index contributed by atoms with van der Waals surface area (Å²) >= 11 is 0. The first-order valence-electron chi connectivity index (χ1n) is 9.01. The predicted octanol–water partition coefficient (Wildman–Crippen LogP) is 1.80. The Hall–Kier alpha value is -3.48. The Morgan fingerprint density at radius 3 is 2.29 bits per heavy atom. The van der Waals surface area contributed by atoms with Gasteiger partial charge in [-0.3, -0.25) is 24.1 Å². The molecule has 0 unspecified atom stereocenters. The number of ether oxygens (including phenoxy) is 1. The van der Waals surface area contributed by atoms with Crippen molar-refractivity contribution in [2.24, 2.45) is 0 Å². The van der Waals surface area contributed by atoms with Gasteiger partial charge in [0.1, 0.15) is 6.54 Å². The van der Waals surface area contributed by atoms with Gasteiger partial charge in [-0.25, -0.2) is 0 Å². The molecule has 2 heterocycles. The number of carbonyl (C=O) groups is 4. The molecule has 0 N–H and O–H groups in total. The van der Waals surface area contributed by atoms with E-state index in [0.29, 0.717) is 6.54 Å². The summed E-state index contributed by atoms with van der Waals surface area (Å²) in [6.45, 7) is 1.49. The number of anilines is 1. The molecule has 0 saturated heterocycles. The van der Waals surface area contributed by atoms with Gasteiger partial charge in [-0.05, 0) is 37.1 Å². The third-order valence-electron chi connectivity index (χ3n) is 4.97. The van der Waals surface area contributed by atoms with Gasteiger partial charge in [0.25, 0.3) is 17.7 Å². The molecule has 2 aliphatic heterocycles. The molecule has 3 amide bonds. The Bertz CT molecular complexity index is 965. The topological polar surface area (TPSA) is 84.0 Å². The largest absolute Gasteiger partial charge is 0.451 e. The summed E-state index contributed by atoms with van der Waals surface area (Å²) in [7, 11) is 0. The van der Waals surface area contributed by atoms with E-state index in [1.165, 1.54) is 19.1 Å². The van der Waals surface area contributed by atoms with Crippen molar-refractivity contribution in [1.82, 2.24) is 4.90 Å². The fourth-order valence-electron chi connectivity index (χ4n) is 3.58. The summed E-state index contributed by atoms with van der Waals surface area (Å²) in [6, 6.07) is 14.0. The number of hydrogen-bond donors (Lipinski definition) is 0. The number of benzene rings is 2. The van der Waals surface area contributed by atoms with Gasteiger partial charge in [-0.1, -0.05) is 30.3 Å². The van der Waals surface area contributed by atoms with Gasteiger partial charge in [0.15, 0.2) is 6.10 Å². The number of imide groups is 1. The zero-order chi connectivity index (χ0) is 19.8. The van der Waals surface area contributed by atoms with Crippen LogP contribution in [0.5, 0.6) is 0 Å². The average Bonchev–Trinajstić information content (AvgIpc) is 3.23. The quantitative estimate of drug-likeness (QED) is 0.598. The molecule has 2 aromatic rings. The number of esters is 1. The van der Waals surface area contributed by atoms with E-state index in [0.717, 1.165) is 22.6 Å². The van der Waals surface area contributed by atoms with Crippen molar-refractivity contribution >= 4 is 29.4 Å². The average molecular weight is 378 g/mol. The van der Waals surface area contributed by atoms with Crippen molar-refractivity contribution in [2.75, 3.05) is 18.0 Å². The number of amides is 3. The maximum atomic E-state index is 12.7. The molecule has 4 rings (SSSR count). The minimum absolute atomic E-state index is 0.262. The summed E-state index contributed by atoms with van der Waals surface area (Å²) < 4.78 is 5.22. The molecule has 1 atom stereocenters. The maximum absolute atomic E-state index is 12.7. The molecule has 0 spiro atoms. The normalized spacial score (nSPS) is 16.0. The molecule has 0 saturated carbocycles. The fourth-order valence-corrected chi connectivity index (χ4v) is 3.58. The lowest BCUT2D eigenvalue weighted by Gasteiger charge is -2.22. The van der Waals surface area contributed by atoms with Crippen molar-refractivity contribution in [3.8, 4) is 0 Å². The monoisotopic (exact) mass is 378 g/mol. The standard InChI is InChI=1S/C21H18N2O5/c1-13(19(25)22-11-10-14-6-2-5-9-17(14)22)28-18(24)12-23-20(26)15-7-3-4-8-16(15)21(23)27/h2-9,13H,10-12H2,1H3/t13-/m0/s1. The number of carbonyl (C=O) groups excluding carboxylic acids is 4. The van der Waals surface area contributed by atoms with Crippen LogP contribution in [-0.4, -0.2) is 47.8 Å². The van der Waals surface area contributed by atoms with E-state index >= 15 is 0 Å². The van der Waals surface area contributed by atoms with Crippen LogP contribution in [0.3, 0.4) is 0 Å². The third-order valence-corrected chi connectivity index (χ3v) is 4.97. The number of rotatable bonds is 4. The highest BCUT2D eigenvalue weighted by Crippen LogP contribution is 2.28. The lowest BCUT2D eigenvalue weighted by atomic mass is 10.1. The summed E-state index contributed by atoms with van der Waals surface area (Å²) in [6.07, 6.45) is -0.272. The second-order valence-electron chi connectivity index (χ2n) is 6.74. The molecule has 142 valence electrons. The van der Waals surface area contributed by atoms with E-state index in [-0.39, 0.29) is 17.0 Å². The van der Waals surface area contributed by atoms with Crippen LogP contribution >= 0.6 is 0 Å². The molecule has 0 radical (unpaired) electrons. The zero-order valence-corrected chi connectivity index (χ0v) is 15.3. The Morgan fingerprint density at radius 1 is 1.00 bits per heavy atom. The first-order valence-corrected chi connectivity index (χ1v) is 9.01.